The number of ether oxygens (including phenoxy) is 1. The maximum atomic E-state index is 12.5. The second-order valence-corrected chi connectivity index (χ2v) is 8.06. The van der Waals surface area contributed by atoms with Crippen LogP contribution in [0.5, 0.6) is 5.75 Å². The molecule has 3 rings (SSSR count). The summed E-state index contributed by atoms with van der Waals surface area (Å²) in [6.45, 7) is 10.4. The van der Waals surface area contributed by atoms with Crippen LogP contribution in [-0.4, -0.2) is 55.7 Å². The first-order valence-electron chi connectivity index (χ1n) is 10.2. The van der Waals surface area contributed by atoms with Crippen LogP contribution < -0.4 is 15.0 Å². The van der Waals surface area contributed by atoms with Crippen LogP contribution in [0.15, 0.2) is 48.5 Å². The predicted molar refractivity (Wildman–Crippen MR) is 119 cm³/mol. The zero-order valence-corrected chi connectivity index (χ0v) is 18.2. The van der Waals surface area contributed by atoms with Crippen molar-refractivity contribution in [1.82, 2.24) is 10.2 Å². The van der Waals surface area contributed by atoms with E-state index in [-0.39, 0.29) is 11.9 Å². The first-order chi connectivity index (χ1) is 13.9. The zero-order valence-electron chi connectivity index (χ0n) is 17.4. The Morgan fingerprint density at radius 1 is 1.10 bits per heavy atom. The predicted octanol–water partition coefficient (Wildman–Crippen LogP) is 3.74. The number of para-hydroxylation sites is 1. The van der Waals surface area contributed by atoms with E-state index in [1.165, 1.54) is 5.69 Å². The number of nitrogens with zero attached hydrogens (tertiary/aromatic N) is 2. The standard InChI is InChI=1S/C23H30ClN3O2/c1-17-15-20(24)9-10-22(17)29-19(3)23(28)25-16-18(2)26-11-13-27(14-12-26)21-7-5-4-6-8-21/h4-10,15,18-19H,11-14,16H2,1-3H3,(H,25,28)/t18-,19-/m0/s1. The molecule has 6 heteroatoms. The Morgan fingerprint density at radius 3 is 2.45 bits per heavy atom. The summed E-state index contributed by atoms with van der Waals surface area (Å²) in [6.07, 6.45) is -0.558. The third-order valence-electron chi connectivity index (χ3n) is 5.44. The minimum Gasteiger partial charge on any atom is -0.481 e. The molecule has 2 atom stereocenters. The number of nitrogens with one attached hydrogen (secondary N) is 1. The number of carbonyl (C=O) groups is 1. The van der Waals surface area contributed by atoms with Gasteiger partial charge in [0, 0.05) is 49.5 Å². The maximum Gasteiger partial charge on any atom is 0.260 e. The quantitative estimate of drug-likeness (QED) is 0.748. The summed E-state index contributed by atoms with van der Waals surface area (Å²) in [6, 6.07) is 16.2. The van der Waals surface area contributed by atoms with Gasteiger partial charge in [-0.25, -0.2) is 0 Å². The van der Waals surface area contributed by atoms with Gasteiger partial charge in [-0.05, 0) is 56.7 Å². The van der Waals surface area contributed by atoms with Gasteiger partial charge in [0.2, 0.25) is 0 Å². The minimum absolute atomic E-state index is 0.103. The van der Waals surface area contributed by atoms with Gasteiger partial charge in [0.15, 0.2) is 6.10 Å². The first-order valence-corrected chi connectivity index (χ1v) is 10.6. The van der Waals surface area contributed by atoms with E-state index in [9.17, 15) is 4.79 Å². The van der Waals surface area contributed by atoms with Crippen LogP contribution in [0.3, 0.4) is 0 Å². The van der Waals surface area contributed by atoms with Gasteiger partial charge in [-0.3, -0.25) is 9.69 Å². The van der Waals surface area contributed by atoms with Crippen molar-refractivity contribution >= 4 is 23.2 Å². The lowest BCUT2D eigenvalue weighted by atomic mass is 10.2. The molecule has 5 nitrogen and oxygen atoms in total. The molecule has 0 spiro atoms. The normalized spacial score (nSPS) is 16.9. The summed E-state index contributed by atoms with van der Waals surface area (Å²) in [5, 5.41) is 3.69. The van der Waals surface area contributed by atoms with E-state index < -0.39 is 6.10 Å². The number of benzene rings is 2. The number of anilines is 1. The number of amides is 1. The van der Waals surface area contributed by atoms with Gasteiger partial charge < -0.3 is 15.0 Å². The van der Waals surface area contributed by atoms with Gasteiger partial charge in [-0.2, -0.15) is 0 Å². The van der Waals surface area contributed by atoms with Gasteiger partial charge in [-0.1, -0.05) is 29.8 Å². The van der Waals surface area contributed by atoms with Gasteiger partial charge in [0.1, 0.15) is 5.75 Å². The highest BCUT2D eigenvalue weighted by Gasteiger charge is 2.23. The molecule has 0 saturated carbocycles. The topological polar surface area (TPSA) is 44.8 Å². The van der Waals surface area contributed by atoms with E-state index in [2.05, 4.69) is 46.3 Å². The molecule has 1 amide bonds. The molecule has 0 aromatic heterocycles. The highest BCUT2D eigenvalue weighted by atomic mass is 35.5. The van der Waals surface area contributed by atoms with Crippen molar-refractivity contribution < 1.29 is 9.53 Å². The van der Waals surface area contributed by atoms with Crippen LogP contribution >= 0.6 is 11.6 Å². The third kappa shape index (κ3) is 5.87. The fourth-order valence-electron chi connectivity index (χ4n) is 3.57. The lowest BCUT2D eigenvalue weighted by molar-refractivity contribution is -0.127. The highest BCUT2D eigenvalue weighted by Crippen LogP contribution is 2.23. The molecule has 2 aromatic rings. The van der Waals surface area contributed by atoms with E-state index in [0.29, 0.717) is 17.3 Å². The summed E-state index contributed by atoms with van der Waals surface area (Å²) in [7, 11) is 0. The SMILES string of the molecule is Cc1cc(Cl)ccc1O[C@@H](C)C(=O)NC[C@H](C)N1CCN(c2ccccc2)CC1. The van der Waals surface area contributed by atoms with Crippen molar-refractivity contribution in [1.29, 1.82) is 0 Å². The van der Waals surface area contributed by atoms with Crippen LogP contribution in [0.1, 0.15) is 19.4 Å². The highest BCUT2D eigenvalue weighted by molar-refractivity contribution is 6.30. The van der Waals surface area contributed by atoms with E-state index in [4.69, 9.17) is 16.3 Å². The van der Waals surface area contributed by atoms with Crippen LogP contribution in [0, 0.1) is 6.92 Å². The fourth-order valence-corrected chi connectivity index (χ4v) is 3.80. The molecule has 29 heavy (non-hydrogen) atoms. The number of piperazine rings is 1. The minimum atomic E-state index is -0.558. The molecule has 1 aliphatic heterocycles. The van der Waals surface area contributed by atoms with Crippen LogP contribution in [0.25, 0.3) is 0 Å². The van der Waals surface area contributed by atoms with Gasteiger partial charge in [-0.15, -0.1) is 0 Å². The number of halogens is 1. The summed E-state index contributed by atoms with van der Waals surface area (Å²) < 4.78 is 5.81. The van der Waals surface area contributed by atoms with E-state index in [0.717, 1.165) is 31.7 Å². The molecule has 0 aliphatic carbocycles. The Labute approximate surface area is 178 Å². The molecule has 1 heterocycles. The average molecular weight is 416 g/mol. The van der Waals surface area contributed by atoms with Gasteiger partial charge >= 0.3 is 0 Å². The lowest BCUT2D eigenvalue weighted by Crippen LogP contribution is -2.53. The molecule has 1 N–H and O–H groups in total. The van der Waals surface area contributed by atoms with Crippen molar-refractivity contribution in [2.24, 2.45) is 0 Å². The molecular formula is C23H30ClN3O2. The Morgan fingerprint density at radius 2 is 1.79 bits per heavy atom. The van der Waals surface area contributed by atoms with E-state index in [1.807, 2.05) is 19.1 Å². The molecule has 1 aliphatic rings. The summed E-state index contributed by atoms with van der Waals surface area (Å²) in [5.74, 6) is 0.580. The van der Waals surface area contributed by atoms with Crippen molar-refractivity contribution in [3.05, 3.63) is 59.1 Å². The van der Waals surface area contributed by atoms with Crippen LogP contribution in [-0.2, 0) is 4.79 Å². The van der Waals surface area contributed by atoms with E-state index >= 15 is 0 Å². The van der Waals surface area contributed by atoms with Crippen LogP contribution in [0.2, 0.25) is 5.02 Å². The Balaban J connectivity index is 1.43. The summed E-state index contributed by atoms with van der Waals surface area (Å²) >= 11 is 5.98. The second kappa shape index (κ2) is 9.99. The second-order valence-electron chi connectivity index (χ2n) is 7.62. The van der Waals surface area contributed by atoms with Crippen molar-refractivity contribution in [2.45, 2.75) is 32.9 Å². The summed E-state index contributed by atoms with van der Waals surface area (Å²) in [5.41, 5.74) is 2.19. The number of hydrogen-bond acceptors (Lipinski definition) is 4. The molecule has 1 saturated heterocycles. The number of carbonyl (C=O) groups excluding carboxylic acids is 1. The first kappa shape index (κ1) is 21.5. The maximum absolute atomic E-state index is 12.5. The Hall–Kier alpha value is -2.24. The smallest absolute Gasteiger partial charge is 0.260 e. The number of rotatable bonds is 7. The molecule has 156 valence electrons. The molecule has 0 bridgehead atoms. The molecule has 1 fully saturated rings. The Bertz CT molecular complexity index is 807. The fraction of sp³-hybridized carbons (Fsp3) is 0.435. The largest absolute Gasteiger partial charge is 0.481 e. The van der Waals surface area contributed by atoms with Crippen LogP contribution in [0.4, 0.5) is 5.69 Å². The lowest BCUT2D eigenvalue weighted by Gasteiger charge is -2.39. The van der Waals surface area contributed by atoms with Crippen molar-refractivity contribution in [3.63, 3.8) is 0 Å². The Kier molecular flexibility index (Phi) is 7.40. The van der Waals surface area contributed by atoms with Gasteiger partial charge in [0.25, 0.3) is 5.91 Å². The molecule has 0 radical (unpaired) electrons. The van der Waals surface area contributed by atoms with E-state index in [1.54, 1.807) is 19.1 Å². The molecule has 2 aromatic carbocycles. The average Bonchev–Trinajstić information content (AvgIpc) is 2.74. The van der Waals surface area contributed by atoms with Crippen molar-refractivity contribution in [2.75, 3.05) is 37.6 Å². The van der Waals surface area contributed by atoms with Gasteiger partial charge in [0.05, 0.1) is 0 Å². The third-order valence-corrected chi connectivity index (χ3v) is 5.68. The number of aryl methyl sites for hydroxylation is 1. The number of hydrogen-bond donors (Lipinski definition) is 1. The summed E-state index contributed by atoms with van der Waals surface area (Å²) in [4.78, 5) is 17.3. The van der Waals surface area contributed by atoms with Crippen molar-refractivity contribution in [3.8, 4) is 5.75 Å². The monoisotopic (exact) mass is 415 g/mol. The zero-order chi connectivity index (χ0) is 20.8. The molecular weight excluding hydrogens is 386 g/mol. The molecule has 0 unspecified atom stereocenters.